The van der Waals surface area contributed by atoms with Crippen LogP contribution in [0.1, 0.15) is 41.3 Å². The van der Waals surface area contributed by atoms with Gasteiger partial charge in [0.1, 0.15) is 12.4 Å². The van der Waals surface area contributed by atoms with Crippen molar-refractivity contribution in [3.05, 3.63) is 77.1 Å². The predicted molar refractivity (Wildman–Crippen MR) is 109 cm³/mol. The van der Waals surface area contributed by atoms with Crippen LogP contribution >= 0.6 is 0 Å². The zero-order chi connectivity index (χ0) is 24.5. The number of aromatic amines is 1. The summed E-state index contributed by atoms with van der Waals surface area (Å²) in [5, 5.41) is 0. The lowest BCUT2D eigenvalue weighted by Crippen LogP contribution is -2.31. The summed E-state index contributed by atoms with van der Waals surface area (Å²) in [6.45, 7) is 0.468. The lowest BCUT2D eigenvalue weighted by Gasteiger charge is -2.23. The van der Waals surface area contributed by atoms with Gasteiger partial charge in [-0.2, -0.15) is 26.3 Å². The molecule has 3 aromatic rings. The first-order valence-corrected chi connectivity index (χ1v) is 10.3. The molecule has 0 radical (unpaired) electrons. The highest BCUT2D eigenvalue weighted by molar-refractivity contribution is 5.69. The Morgan fingerprint density at radius 2 is 1.68 bits per heavy atom. The van der Waals surface area contributed by atoms with Crippen molar-refractivity contribution in [2.24, 2.45) is 0 Å². The smallest absolute Gasteiger partial charge is 0.416 e. The average molecular weight is 483 g/mol. The number of benzene rings is 2. The summed E-state index contributed by atoms with van der Waals surface area (Å²) < 4.78 is 84.5. The van der Waals surface area contributed by atoms with Crippen LogP contribution < -0.4 is 0 Å². The Bertz CT molecular complexity index is 1130. The number of ether oxygens (including phenoxy) is 1. The third kappa shape index (κ3) is 5.18. The Kier molecular flexibility index (Phi) is 6.28. The summed E-state index contributed by atoms with van der Waals surface area (Å²) in [6.07, 6.45) is -7.98. The van der Waals surface area contributed by atoms with E-state index in [0.29, 0.717) is 37.2 Å². The third-order valence-corrected chi connectivity index (χ3v) is 5.51. The molecule has 1 aliphatic rings. The van der Waals surface area contributed by atoms with Crippen molar-refractivity contribution < 1.29 is 35.9 Å². The zero-order valence-electron chi connectivity index (χ0n) is 17.6. The van der Waals surface area contributed by atoms with Crippen LogP contribution in [0.5, 0.6) is 0 Å². The van der Waals surface area contributed by atoms with Crippen molar-refractivity contribution in [2.45, 2.75) is 37.8 Å². The highest BCUT2D eigenvalue weighted by Crippen LogP contribution is 2.39. The van der Waals surface area contributed by atoms with Crippen molar-refractivity contribution >= 4 is 6.09 Å². The van der Waals surface area contributed by atoms with Crippen LogP contribution in [0.25, 0.3) is 11.4 Å². The quantitative estimate of drug-likeness (QED) is 0.426. The van der Waals surface area contributed by atoms with E-state index in [4.69, 9.17) is 4.74 Å². The van der Waals surface area contributed by atoms with Crippen LogP contribution in [-0.4, -0.2) is 27.5 Å². The third-order valence-electron chi connectivity index (χ3n) is 5.51. The highest BCUT2D eigenvalue weighted by Gasteiger charge is 2.37. The molecule has 1 N–H and O–H groups in total. The maximum atomic E-state index is 13.2. The molecule has 0 spiro atoms. The topological polar surface area (TPSA) is 58.2 Å². The SMILES string of the molecule is O=C(OCc1ccccc1)N1CCCC1c1cnc(-c2cc(C(F)(F)F)cc(C(F)(F)F)c2)[nH]1. The van der Waals surface area contributed by atoms with Gasteiger partial charge in [0, 0.05) is 12.1 Å². The molecule has 11 heteroatoms. The molecule has 1 amide bonds. The van der Waals surface area contributed by atoms with Gasteiger partial charge in [-0.15, -0.1) is 0 Å². The zero-order valence-corrected chi connectivity index (χ0v) is 17.6. The van der Waals surface area contributed by atoms with Crippen LogP contribution in [0, 0.1) is 0 Å². The van der Waals surface area contributed by atoms with Crippen molar-refractivity contribution in [1.29, 1.82) is 0 Å². The van der Waals surface area contributed by atoms with E-state index >= 15 is 0 Å². The van der Waals surface area contributed by atoms with Crippen LogP contribution in [0.4, 0.5) is 31.1 Å². The lowest BCUT2D eigenvalue weighted by molar-refractivity contribution is -0.143. The van der Waals surface area contributed by atoms with Gasteiger partial charge in [0.2, 0.25) is 0 Å². The van der Waals surface area contributed by atoms with Gasteiger partial charge in [0.25, 0.3) is 0 Å². The number of nitrogens with zero attached hydrogens (tertiary/aromatic N) is 2. The van der Waals surface area contributed by atoms with E-state index in [1.807, 2.05) is 18.2 Å². The van der Waals surface area contributed by atoms with Crippen molar-refractivity contribution in [1.82, 2.24) is 14.9 Å². The molecule has 180 valence electrons. The molecule has 0 bridgehead atoms. The van der Waals surface area contributed by atoms with E-state index in [-0.39, 0.29) is 24.1 Å². The molecular weight excluding hydrogens is 464 g/mol. The van der Waals surface area contributed by atoms with Gasteiger partial charge in [-0.1, -0.05) is 30.3 Å². The number of imidazole rings is 1. The number of hydrogen-bond donors (Lipinski definition) is 1. The summed E-state index contributed by atoms with van der Waals surface area (Å²) in [5.74, 6) is -0.156. The summed E-state index contributed by atoms with van der Waals surface area (Å²) in [6, 6.07) is 9.86. The standard InChI is InChI=1S/C23H19F6N3O2/c24-22(25,26)16-9-15(10-17(11-16)23(27,28)29)20-30-12-18(31-20)19-7-4-8-32(19)21(33)34-13-14-5-2-1-3-6-14/h1-3,5-6,9-12,19H,4,7-8,13H2,(H,30,31). The predicted octanol–water partition coefficient (Wildman–Crippen LogP) is 6.59. The highest BCUT2D eigenvalue weighted by atomic mass is 19.4. The number of carbonyl (C=O) groups is 1. The molecule has 1 aliphatic heterocycles. The Balaban J connectivity index is 1.56. The molecule has 1 fully saturated rings. The molecular formula is C23H19F6N3O2. The van der Waals surface area contributed by atoms with Crippen LogP contribution in [0.3, 0.4) is 0 Å². The number of halogens is 6. The van der Waals surface area contributed by atoms with Gasteiger partial charge in [0.05, 0.1) is 29.1 Å². The van der Waals surface area contributed by atoms with Gasteiger partial charge in [-0.05, 0) is 36.6 Å². The molecule has 1 saturated heterocycles. The van der Waals surface area contributed by atoms with Gasteiger partial charge >= 0.3 is 18.4 Å². The first kappa shape index (κ1) is 23.7. The molecule has 2 aromatic carbocycles. The fourth-order valence-electron chi connectivity index (χ4n) is 3.85. The van der Waals surface area contributed by atoms with E-state index in [1.165, 1.54) is 11.1 Å². The Morgan fingerprint density at radius 1 is 1.03 bits per heavy atom. The number of carbonyl (C=O) groups excluding carboxylic acids is 1. The van der Waals surface area contributed by atoms with E-state index in [0.717, 1.165) is 5.56 Å². The van der Waals surface area contributed by atoms with E-state index in [2.05, 4.69) is 9.97 Å². The van der Waals surface area contributed by atoms with Gasteiger partial charge in [-0.3, -0.25) is 4.90 Å². The number of H-pyrrole nitrogens is 1. The minimum absolute atomic E-state index is 0.0643. The second-order valence-corrected chi connectivity index (χ2v) is 7.87. The van der Waals surface area contributed by atoms with Gasteiger partial charge < -0.3 is 9.72 Å². The van der Waals surface area contributed by atoms with E-state index in [1.54, 1.807) is 12.1 Å². The molecule has 0 aliphatic carbocycles. The first-order valence-electron chi connectivity index (χ1n) is 10.3. The molecule has 2 heterocycles. The maximum Gasteiger partial charge on any atom is 0.416 e. The molecule has 0 saturated carbocycles. The number of amides is 1. The fraction of sp³-hybridized carbons (Fsp3) is 0.304. The van der Waals surface area contributed by atoms with Crippen molar-refractivity contribution in [3.63, 3.8) is 0 Å². The normalized spacial score (nSPS) is 16.6. The van der Waals surface area contributed by atoms with E-state index < -0.39 is 35.6 Å². The lowest BCUT2D eigenvalue weighted by atomic mass is 10.0. The van der Waals surface area contributed by atoms with Crippen LogP contribution in [0.2, 0.25) is 0 Å². The Morgan fingerprint density at radius 3 is 2.29 bits per heavy atom. The minimum Gasteiger partial charge on any atom is -0.445 e. The number of rotatable bonds is 4. The Hall–Kier alpha value is -3.50. The fourth-order valence-corrected chi connectivity index (χ4v) is 3.85. The number of aromatic nitrogens is 2. The molecule has 1 atom stereocenters. The summed E-state index contributed by atoms with van der Waals surface area (Å²) >= 11 is 0. The molecule has 5 nitrogen and oxygen atoms in total. The first-order chi connectivity index (χ1) is 16.0. The maximum absolute atomic E-state index is 13.2. The van der Waals surface area contributed by atoms with Gasteiger partial charge in [-0.25, -0.2) is 9.78 Å². The molecule has 34 heavy (non-hydrogen) atoms. The molecule has 4 rings (SSSR count). The summed E-state index contributed by atoms with van der Waals surface area (Å²) in [4.78, 5) is 20.9. The number of likely N-dealkylation sites (tertiary alicyclic amines) is 1. The summed E-state index contributed by atoms with van der Waals surface area (Å²) in [7, 11) is 0. The largest absolute Gasteiger partial charge is 0.445 e. The second kappa shape index (κ2) is 9.03. The Labute approximate surface area is 190 Å². The number of alkyl halides is 6. The average Bonchev–Trinajstić information content (AvgIpc) is 3.46. The minimum atomic E-state index is -4.96. The van der Waals surface area contributed by atoms with Crippen LogP contribution in [-0.2, 0) is 23.7 Å². The van der Waals surface area contributed by atoms with Crippen molar-refractivity contribution in [3.8, 4) is 11.4 Å². The van der Waals surface area contributed by atoms with Crippen molar-refractivity contribution in [2.75, 3.05) is 6.54 Å². The molecule has 1 aromatic heterocycles. The molecule has 1 unspecified atom stereocenters. The number of hydrogen-bond acceptors (Lipinski definition) is 3. The van der Waals surface area contributed by atoms with E-state index in [9.17, 15) is 31.1 Å². The van der Waals surface area contributed by atoms with Gasteiger partial charge in [0.15, 0.2) is 0 Å². The number of nitrogens with one attached hydrogen (secondary N) is 1. The monoisotopic (exact) mass is 483 g/mol. The van der Waals surface area contributed by atoms with Crippen LogP contribution in [0.15, 0.2) is 54.7 Å². The summed E-state index contributed by atoms with van der Waals surface area (Å²) in [5.41, 5.74) is -2.01. The second-order valence-electron chi connectivity index (χ2n) is 7.87.